The van der Waals surface area contributed by atoms with E-state index in [2.05, 4.69) is 41.6 Å². The number of carboxylic acids is 1. The SMILES string of the molecule is CCCCOCC1(CN(C)c2cc(-c3cc(F)cc(C(F)(F)F)c3)nc3nc(-c4cnc(N5CCN(CCC(=O)[O-])CC5)cn4)[nH]c23)CCCC1.[Na+]. The molecule has 0 radical (unpaired) electrons. The third-order valence-corrected chi connectivity index (χ3v) is 9.87. The number of anilines is 2. The Hall–Kier alpha value is -3.37. The quantitative estimate of drug-likeness (QED) is 0.117. The average Bonchev–Trinajstić information content (AvgIpc) is 3.76. The number of unbranched alkanes of at least 4 members (excludes halogenated alkanes) is 1. The molecule has 274 valence electrons. The summed E-state index contributed by atoms with van der Waals surface area (Å²) in [6.07, 6.45) is 4.71. The van der Waals surface area contributed by atoms with Crippen LogP contribution in [-0.4, -0.2) is 95.3 Å². The molecule has 0 amide bonds. The predicted molar refractivity (Wildman–Crippen MR) is 183 cm³/mol. The van der Waals surface area contributed by atoms with Gasteiger partial charge < -0.3 is 29.4 Å². The summed E-state index contributed by atoms with van der Waals surface area (Å²) in [6, 6.07) is 4.11. The fraction of sp³-hybridized carbons (Fsp3) is 0.528. The Kier molecular flexibility index (Phi) is 13.2. The maximum Gasteiger partial charge on any atom is 1.00 e. The molecule has 1 aliphatic carbocycles. The third kappa shape index (κ3) is 9.59. The van der Waals surface area contributed by atoms with Crippen LogP contribution in [0.1, 0.15) is 57.4 Å². The number of ether oxygens (including phenoxy) is 1. The monoisotopic (exact) mass is 734 g/mol. The fourth-order valence-corrected chi connectivity index (χ4v) is 7.10. The summed E-state index contributed by atoms with van der Waals surface area (Å²) in [6.45, 7) is 7.20. The molecule has 1 saturated carbocycles. The van der Waals surface area contributed by atoms with Crippen LogP contribution < -0.4 is 44.5 Å². The Morgan fingerprint density at radius 1 is 1.04 bits per heavy atom. The molecular weight excluding hydrogens is 691 g/mol. The second kappa shape index (κ2) is 17.2. The van der Waals surface area contributed by atoms with Gasteiger partial charge in [-0.2, -0.15) is 13.2 Å². The number of H-pyrrole nitrogens is 1. The van der Waals surface area contributed by atoms with Gasteiger partial charge in [0.15, 0.2) is 11.5 Å². The number of hydrogen-bond donors (Lipinski definition) is 1. The van der Waals surface area contributed by atoms with Gasteiger partial charge in [-0.05, 0) is 49.9 Å². The maximum absolute atomic E-state index is 14.6. The molecule has 4 aromatic rings. The van der Waals surface area contributed by atoms with Crippen molar-refractivity contribution in [2.45, 2.75) is 58.0 Å². The molecule has 3 aromatic heterocycles. The minimum Gasteiger partial charge on any atom is -0.550 e. The summed E-state index contributed by atoms with van der Waals surface area (Å²) in [5.74, 6) is -1.03. The number of benzene rings is 1. The van der Waals surface area contributed by atoms with Crippen LogP contribution in [0.3, 0.4) is 0 Å². The Morgan fingerprint density at radius 3 is 2.44 bits per heavy atom. The number of aromatic nitrogens is 5. The summed E-state index contributed by atoms with van der Waals surface area (Å²) in [4.78, 5) is 38.9. The van der Waals surface area contributed by atoms with Crippen LogP contribution in [-0.2, 0) is 15.7 Å². The van der Waals surface area contributed by atoms with Gasteiger partial charge in [-0.1, -0.05) is 26.2 Å². The normalized spacial score (nSPS) is 16.3. The predicted octanol–water partition coefficient (Wildman–Crippen LogP) is 2.32. The minimum absolute atomic E-state index is 0. The first-order valence-electron chi connectivity index (χ1n) is 17.5. The molecule has 1 saturated heterocycles. The van der Waals surface area contributed by atoms with Gasteiger partial charge in [0.05, 0.1) is 35.9 Å². The van der Waals surface area contributed by atoms with Crippen LogP contribution in [0.4, 0.5) is 29.1 Å². The van der Waals surface area contributed by atoms with Crippen LogP contribution in [0.25, 0.3) is 33.9 Å². The number of pyridine rings is 1. The van der Waals surface area contributed by atoms with Crippen LogP contribution in [0, 0.1) is 11.2 Å². The van der Waals surface area contributed by atoms with E-state index in [1.165, 1.54) is 0 Å². The van der Waals surface area contributed by atoms with E-state index in [1.54, 1.807) is 18.5 Å². The van der Waals surface area contributed by atoms with E-state index >= 15 is 0 Å². The topological polar surface area (TPSA) is 126 Å². The zero-order valence-electron chi connectivity index (χ0n) is 29.9. The second-order valence-electron chi connectivity index (χ2n) is 13.7. The zero-order chi connectivity index (χ0) is 36.2. The van der Waals surface area contributed by atoms with E-state index in [0.717, 1.165) is 50.7 Å². The van der Waals surface area contributed by atoms with Gasteiger partial charge in [-0.15, -0.1) is 0 Å². The van der Waals surface area contributed by atoms with Gasteiger partial charge in [0.1, 0.15) is 22.8 Å². The van der Waals surface area contributed by atoms with E-state index in [-0.39, 0.29) is 58.3 Å². The molecule has 6 rings (SSSR count). The van der Waals surface area contributed by atoms with E-state index < -0.39 is 23.5 Å². The fourth-order valence-electron chi connectivity index (χ4n) is 7.10. The molecule has 1 aliphatic heterocycles. The van der Waals surface area contributed by atoms with Crippen molar-refractivity contribution in [3.63, 3.8) is 0 Å². The number of rotatable bonds is 14. The number of aliphatic carboxylic acids is 1. The number of nitrogens with one attached hydrogen (secondary N) is 1. The molecule has 0 spiro atoms. The first-order valence-corrected chi connectivity index (χ1v) is 17.5. The number of carbonyl (C=O) groups is 1. The Bertz CT molecular complexity index is 1810. The van der Waals surface area contributed by atoms with Crippen molar-refractivity contribution >= 4 is 28.6 Å². The number of nitrogens with zero attached hydrogens (tertiary/aromatic N) is 7. The number of imidazole rings is 1. The Morgan fingerprint density at radius 2 is 1.79 bits per heavy atom. The van der Waals surface area contributed by atoms with Crippen LogP contribution in [0.2, 0.25) is 0 Å². The van der Waals surface area contributed by atoms with Gasteiger partial charge >= 0.3 is 35.7 Å². The molecule has 0 unspecified atom stereocenters. The second-order valence-corrected chi connectivity index (χ2v) is 13.7. The Labute approximate surface area is 322 Å². The first kappa shape index (κ1) is 39.8. The molecule has 0 atom stereocenters. The third-order valence-electron chi connectivity index (χ3n) is 9.87. The smallest absolute Gasteiger partial charge is 0.550 e. The minimum atomic E-state index is -4.73. The molecule has 16 heteroatoms. The average molecular weight is 735 g/mol. The molecule has 2 aliphatic rings. The van der Waals surface area contributed by atoms with Crippen molar-refractivity contribution in [2.75, 3.05) is 69.3 Å². The maximum atomic E-state index is 14.6. The van der Waals surface area contributed by atoms with Gasteiger partial charge in [-0.25, -0.2) is 24.3 Å². The molecule has 4 heterocycles. The van der Waals surface area contributed by atoms with E-state index in [0.29, 0.717) is 87.1 Å². The summed E-state index contributed by atoms with van der Waals surface area (Å²) in [7, 11) is 1.94. The number of alkyl halides is 3. The number of fused-ring (bicyclic) bond motifs is 1. The van der Waals surface area contributed by atoms with Crippen LogP contribution in [0.5, 0.6) is 0 Å². The molecule has 1 N–H and O–H groups in total. The standard InChI is InChI=1S/C36H44F4N8O3.Na/c1-3-4-15-51-23-35(8-5-6-9-35)22-46(2)29-19-27(24-16-25(36(38,39)40)18-26(37)17-24)43-34-32(29)44-33(45-34)28-20-42-30(21-41-28)48-13-11-47(12-14-48)10-7-31(49)50;/h16-21H,3-15,22-23H2,1-2H3,(H,49,50)(H,43,44,45);/q;+1/p-1. The van der Waals surface area contributed by atoms with E-state index in [4.69, 9.17) is 9.72 Å². The summed E-state index contributed by atoms with van der Waals surface area (Å²) < 4.78 is 61.8. The van der Waals surface area contributed by atoms with Crippen molar-refractivity contribution in [3.05, 3.63) is 48.0 Å². The summed E-state index contributed by atoms with van der Waals surface area (Å²) >= 11 is 0. The Balaban J connectivity index is 0.00000523. The van der Waals surface area contributed by atoms with Crippen molar-refractivity contribution in [2.24, 2.45) is 5.41 Å². The van der Waals surface area contributed by atoms with E-state index in [1.807, 2.05) is 7.05 Å². The largest absolute Gasteiger partial charge is 1.00 e. The van der Waals surface area contributed by atoms with Gasteiger partial charge in [-0.3, -0.25) is 4.90 Å². The van der Waals surface area contributed by atoms with Crippen molar-refractivity contribution in [1.29, 1.82) is 0 Å². The number of halogens is 4. The number of carboxylic acid groups (broad SMARTS) is 1. The summed E-state index contributed by atoms with van der Waals surface area (Å²) in [5.41, 5.74) is 0.888. The van der Waals surface area contributed by atoms with E-state index in [9.17, 15) is 27.5 Å². The van der Waals surface area contributed by atoms with Gasteiger partial charge in [0, 0.05) is 69.9 Å². The van der Waals surface area contributed by atoms with Crippen molar-refractivity contribution < 1.29 is 61.8 Å². The molecular formula is C36H43F4N8NaO3. The van der Waals surface area contributed by atoms with Crippen LogP contribution in [0.15, 0.2) is 36.7 Å². The van der Waals surface area contributed by atoms with Crippen molar-refractivity contribution in [3.8, 4) is 22.8 Å². The number of piperazine rings is 1. The number of aromatic amines is 1. The summed E-state index contributed by atoms with van der Waals surface area (Å²) in [5, 5.41) is 10.8. The molecule has 1 aromatic carbocycles. The number of carbonyl (C=O) groups excluding carboxylic acids is 1. The van der Waals surface area contributed by atoms with Gasteiger partial charge in [0.25, 0.3) is 0 Å². The molecule has 11 nitrogen and oxygen atoms in total. The molecule has 52 heavy (non-hydrogen) atoms. The first-order chi connectivity index (χ1) is 24.4. The van der Waals surface area contributed by atoms with Gasteiger partial charge in [0.2, 0.25) is 0 Å². The molecule has 0 bridgehead atoms. The van der Waals surface area contributed by atoms with Crippen molar-refractivity contribution in [1.82, 2.24) is 29.8 Å². The molecule has 2 fully saturated rings. The zero-order valence-corrected chi connectivity index (χ0v) is 31.9. The van der Waals surface area contributed by atoms with Crippen LogP contribution >= 0.6 is 0 Å². The number of hydrogen-bond acceptors (Lipinski definition) is 10.